The van der Waals surface area contributed by atoms with Gasteiger partial charge in [0.2, 0.25) is 0 Å². The summed E-state index contributed by atoms with van der Waals surface area (Å²) in [5.41, 5.74) is 7.08. The summed E-state index contributed by atoms with van der Waals surface area (Å²) in [4.78, 5) is 4.95. The van der Waals surface area contributed by atoms with E-state index in [1.165, 1.54) is 12.1 Å². The number of pyridine rings is 1. The van der Waals surface area contributed by atoms with Crippen molar-refractivity contribution in [3.63, 3.8) is 0 Å². The van der Waals surface area contributed by atoms with Crippen LogP contribution in [-0.4, -0.2) is 16.8 Å². The second-order valence-corrected chi connectivity index (χ2v) is 5.70. The quantitative estimate of drug-likeness (QED) is 0.858. The van der Waals surface area contributed by atoms with Crippen molar-refractivity contribution >= 4 is 23.4 Å². The van der Waals surface area contributed by atoms with E-state index in [9.17, 15) is 4.39 Å². The average Bonchev–Trinajstić information content (AvgIpc) is 2.41. The lowest BCUT2D eigenvalue weighted by Crippen LogP contribution is -2.25. The standard InChI is InChI=1S/C14H14ClFN2S/c15-14-8-18-6-5-10(14)7-12(17)9-19-13-3-1-11(16)2-4-13/h1-6,8,12H,7,9,17H2. The predicted molar refractivity (Wildman–Crippen MR) is 78.1 cm³/mol. The van der Waals surface area contributed by atoms with E-state index in [-0.39, 0.29) is 11.9 Å². The maximum Gasteiger partial charge on any atom is 0.123 e. The van der Waals surface area contributed by atoms with Crippen LogP contribution >= 0.6 is 23.4 Å². The molecule has 100 valence electrons. The van der Waals surface area contributed by atoms with Crippen molar-refractivity contribution in [3.05, 3.63) is 59.1 Å². The molecule has 2 N–H and O–H groups in total. The fourth-order valence-electron chi connectivity index (χ4n) is 1.65. The maximum absolute atomic E-state index is 12.8. The Bertz CT molecular complexity index is 533. The van der Waals surface area contributed by atoms with Crippen LogP contribution in [0.2, 0.25) is 5.02 Å². The number of aromatic nitrogens is 1. The summed E-state index contributed by atoms with van der Waals surface area (Å²) in [6, 6.07) is 8.29. The molecule has 0 amide bonds. The first kappa shape index (κ1) is 14.3. The molecule has 1 aromatic carbocycles. The molecule has 0 radical (unpaired) electrons. The Balaban J connectivity index is 1.86. The highest BCUT2D eigenvalue weighted by molar-refractivity contribution is 7.99. The van der Waals surface area contributed by atoms with Gasteiger partial charge in [0.15, 0.2) is 0 Å². The molecule has 0 aliphatic carbocycles. The SMILES string of the molecule is NC(CSc1ccc(F)cc1)Cc1ccncc1Cl. The Labute approximate surface area is 121 Å². The third kappa shape index (κ3) is 4.49. The summed E-state index contributed by atoms with van der Waals surface area (Å²) in [7, 11) is 0. The van der Waals surface area contributed by atoms with Gasteiger partial charge in [0.05, 0.1) is 5.02 Å². The van der Waals surface area contributed by atoms with Gasteiger partial charge in [-0.05, 0) is 42.3 Å². The molecule has 0 saturated heterocycles. The number of nitrogens with zero attached hydrogens (tertiary/aromatic N) is 1. The van der Waals surface area contributed by atoms with Crippen molar-refractivity contribution < 1.29 is 4.39 Å². The third-order valence-corrected chi connectivity index (χ3v) is 4.16. The van der Waals surface area contributed by atoms with Crippen LogP contribution in [0.5, 0.6) is 0 Å². The summed E-state index contributed by atoms with van der Waals surface area (Å²) < 4.78 is 12.8. The molecule has 19 heavy (non-hydrogen) atoms. The highest BCUT2D eigenvalue weighted by Gasteiger charge is 2.08. The molecule has 2 nitrogen and oxygen atoms in total. The van der Waals surface area contributed by atoms with E-state index < -0.39 is 0 Å². The highest BCUT2D eigenvalue weighted by Crippen LogP contribution is 2.21. The number of benzene rings is 1. The van der Waals surface area contributed by atoms with Gasteiger partial charge in [-0.25, -0.2) is 4.39 Å². The van der Waals surface area contributed by atoms with Crippen LogP contribution < -0.4 is 5.73 Å². The molecular weight excluding hydrogens is 283 g/mol. The zero-order valence-corrected chi connectivity index (χ0v) is 11.8. The highest BCUT2D eigenvalue weighted by atomic mass is 35.5. The van der Waals surface area contributed by atoms with Crippen LogP contribution in [-0.2, 0) is 6.42 Å². The van der Waals surface area contributed by atoms with E-state index in [4.69, 9.17) is 17.3 Å². The predicted octanol–water partition coefficient (Wildman–Crippen LogP) is 3.54. The van der Waals surface area contributed by atoms with E-state index >= 15 is 0 Å². The fraction of sp³-hybridized carbons (Fsp3) is 0.214. The molecular formula is C14H14ClFN2S. The van der Waals surface area contributed by atoms with Crippen molar-refractivity contribution in [1.82, 2.24) is 4.98 Å². The van der Waals surface area contributed by atoms with E-state index in [1.54, 1.807) is 36.3 Å². The minimum absolute atomic E-state index is 0.00467. The Kier molecular flexibility index (Phi) is 5.19. The summed E-state index contributed by atoms with van der Waals surface area (Å²) in [6.45, 7) is 0. The fourth-order valence-corrected chi connectivity index (χ4v) is 2.69. The number of thioether (sulfide) groups is 1. The van der Waals surface area contributed by atoms with Crippen LogP contribution in [0, 0.1) is 5.82 Å². The maximum atomic E-state index is 12.8. The summed E-state index contributed by atoms with van der Waals surface area (Å²) in [5.74, 6) is 0.529. The number of nitrogens with two attached hydrogens (primary N) is 1. The first-order valence-electron chi connectivity index (χ1n) is 5.87. The molecule has 0 fully saturated rings. The van der Waals surface area contributed by atoms with Crippen LogP contribution in [0.4, 0.5) is 4.39 Å². The third-order valence-electron chi connectivity index (χ3n) is 2.62. The lowest BCUT2D eigenvalue weighted by atomic mass is 10.1. The zero-order chi connectivity index (χ0) is 13.7. The Hall–Kier alpha value is -1.10. The first-order valence-corrected chi connectivity index (χ1v) is 7.24. The largest absolute Gasteiger partial charge is 0.327 e. The molecule has 1 unspecified atom stereocenters. The molecule has 0 aliphatic heterocycles. The molecule has 0 spiro atoms. The molecule has 2 rings (SSSR count). The monoisotopic (exact) mass is 296 g/mol. The molecule has 5 heteroatoms. The summed E-state index contributed by atoms with van der Waals surface area (Å²) in [5, 5.41) is 0.643. The van der Waals surface area contributed by atoms with E-state index in [0.29, 0.717) is 11.4 Å². The lowest BCUT2D eigenvalue weighted by Gasteiger charge is -2.12. The number of hydrogen-bond donors (Lipinski definition) is 1. The Morgan fingerprint density at radius 3 is 2.68 bits per heavy atom. The van der Waals surface area contributed by atoms with Gasteiger partial charge in [0, 0.05) is 29.1 Å². The smallest absolute Gasteiger partial charge is 0.123 e. The van der Waals surface area contributed by atoms with Crippen molar-refractivity contribution in [3.8, 4) is 0 Å². The zero-order valence-electron chi connectivity index (χ0n) is 10.2. The van der Waals surface area contributed by atoms with Gasteiger partial charge >= 0.3 is 0 Å². The van der Waals surface area contributed by atoms with Crippen LogP contribution in [0.25, 0.3) is 0 Å². The Morgan fingerprint density at radius 2 is 2.00 bits per heavy atom. The van der Waals surface area contributed by atoms with Crippen LogP contribution in [0.1, 0.15) is 5.56 Å². The molecule has 2 aromatic rings. The lowest BCUT2D eigenvalue weighted by molar-refractivity contribution is 0.626. The Morgan fingerprint density at radius 1 is 1.26 bits per heavy atom. The van der Waals surface area contributed by atoms with E-state index in [1.807, 2.05) is 6.07 Å². The van der Waals surface area contributed by atoms with Crippen molar-refractivity contribution in [1.29, 1.82) is 0 Å². The average molecular weight is 297 g/mol. The summed E-state index contributed by atoms with van der Waals surface area (Å²) in [6.07, 6.45) is 4.04. The molecule has 1 atom stereocenters. The molecule has 0 bridgehead atoms. The minimum atomic E-state index is -0.225. The second-order valence-electron chi connectivity index (χ2n) is 4.20. The van der Waals surface area contributed by atoms with Crippen LogP contribution in [0.15, 0.2) is 47.6 Å². The topological polar surface area (TPSA) is 38.9 Å². The van der Waals surface area contributed by atoms with Gasteiger partial charge in [0.1, 0.15) is 5.82 Å². The normalized spacial score (nSPS) is 12.4. The van der Waals surface area contributed by atoms with Gasteiger partial charge in [-0.1, -0.05) is 11.6 Å². The number of hydrogen-bond acceptors (Lipinski definition) is 3. The van der Waals surface area contributed by atoms with Gasteiger partial charge in [0.25, 0.3) is 0 Å². The van der Waals surface area contributed by atoms with E-state index in [2.05, 4.69) is 4.98 Å². The van der Waals surface area contributed by atoms with Crippen molar-refractivity contribution in [2.75, 3.05) is 5.75 Å². The van der Waals surface area contributed by atoms with Gasteiger partial charge < -0.3 is 5.73 Å². The molecule has 0 aliphatic rings. The molecule has 1 heterocycles. The minimum Gasteiger partial charge on any atom is -0.327 e. The van der Waals surface area contributed by atoms with Gasteiger partial charge in [-0.2, -0.15) is 0 Å². The number of halogens is 2. The first-order chi connectivity index (χ1) is 9.15. The second kappa shape index (κ2) is 6.89. The molecule has 0 saturated carbocycles. The summed E-state index contributed by atoms with van der Waals surface area (Å²) >= 11 is 7.65. The van der Waals surface area contributed by atoms with Crippen molar-refractivity contribution in [2.24, 2.45) is 5.73 Å². The molecule has 1 aromatic heterocycles. The number of rotatable bonds is 5. The van der Waals surface area contributed by atoms with Gasteiger partial charge in [-0.15, -0.1) is 11.8 Å². The van der Waals surface area contributed by atoms with Crippen LogP contribution in [0.3, 0.4) is 0 Å². The van der Waals surface area contributed by atoms with Crippen molar-refractivity contribution in [2.45, 2.75) is 17.4 Å². The van der Waals surface area contributed by atoms with E-state index in [0.717, 1.165) is 16.2 Å². The van der Waals surface area contributed by atoms with Gasteiger partial charge in [-0.3, -0.25) is 4.98 Å².